The monoisotopic (exact) mass is 406 g/mol. The van der Waals surface area contributed by atoms with Gasteiger partial charge in [-0.05, 0) is 6.42 Å². The van der Waals surface area contributed by atoms with Crippen molar-refractivity contribution in [3.05, 3.63) is 57.9 Å². The average molecular weight is 406 g/mol. The summed E-state index contributed by atoms with van der Waals surface area (Å²) in [6.07, 6.45) is -0.216. The van der Waals surface area contributed by atoms with Crippen LogP contribution in [0.5, 0.6) is 0 Å². The smallest absolute Gasteiger partial charge is 0.195 e. The van der Waals surface area contributed by atoms with Crippen LogP contribution in [0.25, 0.3) is 32.3 Å². The van der Waals surface area contributed by atoms with Crippen LogP contribution in [0.4, 0.5) is 39.5 Å². The van der Waals surface area contributed by atoms with Gasteiger partial charge in [-0.25, -0.2) is 39.5 Å². The maximum absolute atomic E-state index is 14.7. The molecule has 0 radical (unpaired) electrons. The number of benzene rings is 4. The maximum atomic E-state index is 14.7. The molecule has 0 atom stereocenters. The fourth-order valence-electron chi connectivity index (χ4n) is 3.68. The molecule has 0 unspecified atom stereocenters. The van der Waals surface area contributed by atoms with Crippen molar-refractivity contribution in [2.24, 2.45) is 0 Å². The molecule has 0 N–H and O–H groups in total. The lowest BCUT2D eigenvalue weighted by Gasteiger charge is -2.19. The Balaban J connectivity index is 2.55. The minimum Gasteiger partial charge on any atom is -0.203 e. The van der Waals surface area contributed by atoms with Gasteiger partial charge in [0.1, 0.15) is 0 Å². The molecule has 146 valence electrons. The second kappa shape index (κ2) is 5.89. The zero-order valence-electron chi connectivity index (χ0n) is 13.8. The van der Waals surface area contributed by atoms with Gasteiger partial charge in [-0.2, -0.15) is 0 Å². The Morgan fingerprint density at radius 2 is 0.714 bits per heavy atom. The molecule has 0 saturated heterocycles. The zero-order valence-corrected chi connectivity index (χ0v) is 13.8. The molecule has 0 amide bonds. The van der Waals surface area contributed by atoms with Gasteiger partial charge in [-0.1, -0.05) is 13.3 Å². The van der Waals surface area contributed by atoms with E-state index in [-0.39, 0.29) is 12.8 Å². The predicted molar refractivity (Wildman–Crippen MR) is 83.8 cm³/mol. The van der Waals surface area contributed by atoms with Crippen LogP contribution >= 0.6 is 0 Å². The lowest BCUT2D eigenvalue weighted by molar-refractivity contribution is 0.447. The molecule has 0 aromatic heterocycles. The standard InChI is InChI=1S/C19H7F9/c1-2-3-4-5-6-7-9(14(23)12(5)21)17(26)19(28)18(27)10(7)16(25)15(24)8(6)13(22)11(4)20/h2-3H2,1H3. The summed E-state index contributed by atoms with van der Waals surface area (Å²) in [6.45, 7) is 1.50. The summed E-state index contributed by atoms with van der Waals surface area (Å²) in [5.41, 5.74) is -0.705. The van der Waals surface area contributed by atoms with Crippen LogP contribution in [-0.2, 0) is 6.42 Å². The quantitative estimate of drug-likeness (QED) is 0.195. The Morgan fingerprint density at radius 3 is 1.14 bits per heavy atom. The van der Waals surface area contributed by atoms with E-state index < -0.39 is 90.2 Å². The lowest BCUT2D eigenvalue weighted by atomic mass is 9.88. The minimum atomic E-state index is -2.36. The number of hydrogen-bond donors (Lipinski definition) is 0. The lowest BCUT2D eigenvalue weighted by Crippen LogP contribution is -2.09. The molecular weight excluding hydrogens is 399 g/mol. The van der Waals surface area contributed by atoms with Gasteiger partial charge in [-0.3, -0.25) is 0 Å². The van der Waals surface area contributed by atoms with E-state index in [0.29, 0.717) is 0 Å². The van der Waals surface area contributed by atoms with Crippen LogP contribution < -0.4 is 0 Å². The van der Waals surface area contributed by atoms with Crippen molar-refractivity contribution in [2.45, 2.75) is 19.8 Å². The Morgan fingerprint density at radius 1 is 0.393 bits per heavy atom. The van der Waals surface area contributed by atoms with Crippen LogP contribution in [0.3, 0.4) is 0 Å². The van der Waals surface area contributed by atoms with E-state index in [4.69, 9.17) is 0 Å². The van der Waals surface area contributed by atoms with E-state index in [9.17, 15) is 39.5 Å². The number of aryl methyl sites for hydroxylation is 1. The second-order valence-corrected chi connectivity index (χ2v) is 6.30. The highest BCUT2D eigenvalue weighted by Gasteiger charge is 2.34. The normalized spacial score (nSPS) is 12.2. The van der Waals surface area contributed by atoms with E-state index >= 15 is 0 Å². The van der Waals surface area contributed by atoms with E-state index in [1.54, 1.807) is 0 Å². The van der Waals surface area contributed by atoms with Crippen LogP contribution in [0, 0.1) is 52.4 Å². The third-order valence-electron chi connectivity index (χ3n) is 4.82. The fraction of sp³-hybridized carbons (Fsp3) is 0.158. The highest BCUT2D eigenvalue weighted by molar-refractivity contribution is 6.24. The molecule has 0 saturated carbocycles. The van der Waals surface area contributed by atoms with Gasteiger partial charge in [0, 0.05) is 21.7 Å². The first-order chi connectivity index (χ1) is 13.1. The molecule has 4 rings (SSSR count). The highest BCUT2D eigenvalue weighted by atomic mass is 19.2. The van der Waals surface area contributed by atoms with Gasteiger partial charge in [0.25, 0.3) is 0 Å². The third kappa shape index (κ3) is 1.99. The van der Waals surface area contributed by atoms with Crippen LogP contribution in [0.2, 0.25) is 0 Å². The predicted octanol–water partition coefficient (Wildman–Crippen LogP) is 6.79. The summed E-state index contributed by atoms with van der Waals surface area (Å²) in [5, 5.41) is -7.51. The summed E-state index contributed by atoms with van der Waals surface area (Å²) < 4.78 is 129. The first kappa shape index (κ1) is 18.6. The molecule has 4 aromatic rings. The average Bonchev–Trinajstić information content (AvgIpc) is 2.66. The van der Waals surface area contributed by atoms with Crippen molar-refractivity contribution in [3.63, 3.8) is 0 Å². The van der Waals surface area contributed by atoms with Gasteiger partial charge >= 0.3 is 0 Å². The summed E-state index contributed by atoms with van der Waals surface area (Å²) in [5.74, 6) is -18.7. The summed E-state index contributed by atoms with van der Waals surface area (Å²) in [6, 6.07) is 0. The number of rotatable bonds is 2. The van der Waals surface area contributed by atoms with Crippen LogP contribution in [0.1, 0.15) is 18.9 Å². The SMILES string of the molecule is CCCc1c(F)c(F)c2c(F)c(F)c3c(F)c(F)c(F)c4c(F)c(F)c1c2c34. The third-order valence-corrected chi connectivity index (χ3v) is 4.82. The molecule has 0 spiro atoms. The molecule has 4 aromatic carbocycles. The van der Waals surface area contributed by atoms with Gasteiger partial charge in [0.15, 0.2) is 52.4 Å². The molecule has 28 heavy (non-hydrogen) atoms. The molecule has 0 heterocycles. The van der Waals surface area contributed by atoms with Crippen molar-refractivity contribution in [3.8, 4) is 0 Å². The van der Waals surface area contributed by atoms with Crippen molar-refractivity contribution in [1.29, 1.82) is 0 Å². The number of halogens is 9. The van der Waals surface area contributed by atoms with Gasteiger partial charge in [-0.15, -0.1) is 0 Å². The molecule has 0 fully saturated rings. The summed E-state index contributed by atoms with van der Waals surface area (Å²) in [7, 11) is 0. The Kier molecular flexibility index (Phi) is 3.92. The first-order valence-electron chi connectivity index (χ1n) is 8.01. The molecule has 0 nitrogen and oxygen atoms in total. The molecule has 0 aliphatic heterocycles. The molecule has 9 heteroatoms. The van der Waals surface area contributed by atoms with Crippen molar-refractivity contribution in [2.75, 3.05) is 0 Å². The first-order valence-corrected chi connectivity index (χ1v) is 8.01. The second-order valence-electron chi connectivity index (χ2n) is 6.30. The van der Waals surface area contributed by atoms with E-state index in [1.807, 2.05) is 0 Å². The maximum Gasteiger partial charge on any atom is 0.195 e. The van der Waals surface area contributed by atoms with E-state index in [1.165, 1.54) is 6.92 Å². The van der Waals surface area contributed by atoms with Crippen molar-refractivity contribution < 1.29 is 39.5 Å². The molecule has 0 aliphatic carbocycles. The van der Waals surface area contributed by atoms with Crippen LogP contribution in [-0.4, -0.2) is 0 Å². The fourth-order valence-corrected chi connectivity index (χ4v) is 3.68. The zero-order chi connectivity index (χ0) is 20.7. The minimum absolute atomic E-state index is 0.121. The Labute approximate surface area is 150 Å². The number of hydrogen-bond acceptors (Lipinski definition) is 0. The largest absolute Gasteiger partial charge is 0.203 e. The van der Waals surface area contributed by atoms with Gasteiger partial charge < -0.3 is 0 Å². The Hall–Kier alpha value is -2.71. The van der Waals surface area contributed by atoms with Crippen molar-refractivity contribution in [1.82, 2.24) is 0 Å². The molecule has 0 bridgehead atoms. The van der Waals surface area contributed by atoms with Gasteiger partial charge in [0.2, 0.25) is 0 Å². The van der Waals surface area contributed by atoms with Gasteiger partial charge in [0.05, 0.1) is 16.2 Å². The van der Waals surface area contributed by atoms with Crippen molar-refractivity contribution >= 4 is 32.3 Å². The Bertz CT molecular complexity index is 1280. The topological polar surface area (TPSA) is 0 Å². The molecular formula is C19H7F9. The van der Waals surface area contributed by atoms with E-state index in [0.717, 1.165) is 0 Å². The summed E-state index contributed by atoms with van der Waals surface area (Å²) in [4.78, 5) is 0. The molecule has 0 aliphatic rings. The highest BCUT2D eigenvalue weighted by Crippen LogP contribution is 2.46. The summed E-state index contributed by atoms with van der Waals surface area (Å²) >= 11 is 0. The van der Waals surface area contributed by atoms with E-state index in [2.05, 4.69) is 0 Å². The van der Waals surface area contributed by atoms with Crippen LogP contribution in [0.15, 0.2) is 0 Å².